The van der Waals surface area contributed by atoms with Crippen LogP contribution >= 0.6 is 0 Å². The predicted octanol–water partition coefficient (Wildman–Crippen LogP) is -0.367. The zero-order valence-corrected chi connectivity index (χ0v) is 7.40. The number of hydrogen-bond acceptors (Lipinski definition) is 4. The van der Waals surface area contributed by atoms with Gasteiger partial charge in [-0.1, -0.05) is 6.07 Å². The fourth-order valence-corrected chi connectivity index (χ4v) is 1.54. The Balaban J connectivity index is 1.98. The molecule has 1 fully saturated rings. The van der Waals surface area contributed by atoms with Gasteiger partial charge in [-0.3, -0.25) is 10.4 Å². The maximum Gasteiger partial charge on any atom is 0.0724 e. The Morgan fingerprint density at radius 2 is 2.46 bits per heavy atom. The van der Waals surface area contributed by atoms with E-state index in [1.165, 1.54) is 0 Å². The summed E-state index contributed by atoms with van der Waals surface area (Å²) in [5, 5.41) is 0. The third-order valence-electron chi connectivity index (χ3n) is 2.34. The normalized spacial score (nSPS) is 27.8. The summed E-state index contributed by atoms with van der Waals surface area (Å²) >= 11 is 0. The summed E-state index contributed by atoms with van der Waals surface area (Å²) in [6.07, 6.45) is 2.79. The van der Waals surface area contributed by atoms with Crippen LogP contribution in [0.25, 0.3) is 0 Å². The molecule has 1 aromatic rings. The van der Waals surface area contributed by atoms with Crippen molar-refractivity contribution in [2.24, 2.45) is 11.7 Å². The van der Waals surface area contributed by atoms with Gasteiger partial charge in [-0.05, 0) is 18.6 Å². The Bertz CT molecular complexity index is 262. The van der Waals surface area contributed by atoms with E-state index in [1.807, 2.05) is 24.4 Å². The summed E-state index contributed by atoms with van der Waals surface area (Å²) in [6, 6.07) is 5.96. The third-order valence-corrected chi connectivity index (χ3v) is 2.34. The van der Waals surface area contributed by atoms with E-state index >= 15 is 0 Å². The molecular formula is C9H14N4. The Kier molecular flexibility index (Phi) is 2.54. The van der Waals surface area contributed by atoms with Crippen LogP contribution in [0.2, 0.25) is 0 Å². The largest absolute Gasteiger partial charge is 0.315 e. The zero-order valence-electron chi connectivity index (χ0n) is 7.40. The first-order valence-corrected chi connectivity index (χ1v) is 4.50. The molecule has 0 saturated carbocycles. The summed E-state index contributed by atoms with van der Waals surface area (Å²) < 4.78 is 0. The Hall–Kier alpha value is -0.970. The highest BCUT2D eigenvalue weighted by molar-refractivity contribution is 5.05. The Morgan fingerprint density at radius 1 is 1.54 bits per heavy atom. The van der Waals surface area contributed by atoms with E-state index in [1.54, 1.807) is 0 Å². The van der Waals surface area contributed by atoms with Crippen LogP contribution in [0.3, 0.4) is 0 Å². The van der Waals surface area contributed by atoms with Crippen molar-refractivity contribution in [1.29, 1.82) is 0 Å². The average molecular weight is 178 g/mol. The monoisotopic (exact) mass is 178 g/mol. The van der Waals surface area contributed by atoms with Crippen molar-refractivity contribution >= 4 is 0 Å². The molecule has 0 aliphatic carbocycles. The lowest BCUT2D eigenvalue weighted by molar-refractivity contribution is 0.465. The Morgan fingerprint density at radius 3 is 3.08 bits per heavy atom. The van der Waals surface area contributed by atoms with Crippen LogP contribution in [0, 0.1) is 5.92 Å². The molecule has 4 nitrogen and oxygen atoms in total. The second-order valence-corrected chi connectivity index (χ2v) is 3.34. The maximum absolute atomic E-state index is 5.83. The smallest absolute Gasteiger partial charge is 0.0724 e. The molecule has 2 unspecified atom stereocenters. The first-order chi connectivity index (χ1) is 6.36. The van der Waals surface area contributed by atoms with E-state index in [0.717, 1.165) is 18.7 Å². The van der Waals surface area contributed by atoms with Crippen molar-refractivity contribution in [3.8, 4) is 0 Å². The molecule has 4 heteroatoms. The van der Waals surface area contributed by atoms with Gasteiger partial charge in [0.05, 0.1) is 6.17 Å². The van der Waals surface area contributed by atoms with E-state index in [-0.39, 0.29) is 6.17 Å². The van der Waals surface area contributed by atoms with Crippen LogP contribution in [0.4, 0.5) is 0 Å². The quantitative estimate of drug-likeness (QED) is 0.578. The molecule has 2 rings (SSSR count). The molecule has 1 saturated heterocycles. The number of nitrogens with zero attached hydrogens (tertiary/aromatic N) is 1. The lowest BCUT2D eigenvalue weighted by Gasteiger charge is -2.12. The van der Waals surface area contributed by atoms with Gasteiger partial charge in [-0.25, -0.2) is 5.43 Å². The van der Waals surface area contributed by atoms with Crippen molar-refractivity contribution in [2.75, 3.05) is 6.54 Å². The van der Waals surface area contributed by atoms with E-state index in [0.29, 0.717) is 5.92 Å². The first kappa shape index (κ1) is 8.62. The summed E-state index contributed by atoms with van der Waals surface area (Å²) in [5.41, 5.74) is 13.0. The molecule has 4 N–H and O–H groups in total. The Labute approximate surface area is 77.5 Å². The first-order valence-electron chi connectivity index (χ1n) is 4.50. The summed E-state index contributed by atoms with van der Waals surface area (Å²) in [7, 11) is 0. The highest BCUT2D eigenvalue weighted by atomic mass is 15.4. The molecule has 2 atom stereocenters. The van der Waals surface area contributed by atoms with Crippen LogP contribution in [0.5, 0.6) is 0 Å². The van der Waals surface area contributed by atoms with Gasteiger partial charge in [-0.2, -0.15) is 0 Å². The minimum Gasteiger partial charge on any atom is -0.315 e. The SMILES string of the molecule is NC1NNCC1Cc1ccccn1. The van der Waals surface area contributed by atoms with E-state index < -0.39 is 0 Å². The molecule has 0 spiro atoms. The topological polar surface area (TPSA) is 63.0 Å². The summed E-state index contributed by atoms with van der Waals surface area (Å²) in [4.78, 5) is 4.27. The molecule has 0 aromatic carbocycles. The standard InChI is InChI=1S/C9H14N4/c10-9-7(6-12-13-9)5-8-3-1-2-4-11-8/h1-4,7,9,12-13H,5-6,10H2. The van der Waals surface area contributed by atoms with Gasteiger partial charge in [0.2, 0.25) is 0 Å². The molecule has 0 bridgehead atoms. The molecule has 0 amide bonds. The number of hydrogen-bond donors (Lipinski definition) is 3. The van der Waals surface area contributed by atoms with Crippen molar-refractivity contribution in [1.82, 2.24) is 15.8 Å². The van der Waals surface area contributed by atoms with Crippen molar-refractivity contribution < 1.29 is 0 Å². The lowest BCUT2D eigenvalue weighted by atomic mass is 10.0. The summed E-state index contributed by atoms with van der Waals surface area (Å²) in [5.74, 6) is 0.440. The summed E-state index contributed by atoms with van der Waals surface area (Å²) in [6.45, 7) is 0.914. The fraction of sp³-hybridized carbons (Fsp3) is 0.444. The second kappa shape index (κ2) is 3.83. The molecule has 70 valence electrons. The van der Waals surface area contributed by atoms with E-state index in [9.17, 15) is 0 Å². The van der Waals surface area contributed by atoms with Gasteiger partial charge < -0.3 is 5.73 Å². The number of nitrogens with one attached hydrogen (secondary N) is 2. The number of hydrazine groups is 1. The molecule has 1 aliphatic heterocycles. The van der Waals surface area contributed by atoms with Crippen molar-refractivity contribution in [3.05, 3.63) is 30.1 Å². The van der Waals surface area contributed by atoms with Crippen molar-refractivity contribution in [3.63, 3.8) is 0 Å². The number of aromatic nitrogens is 1. The van der Waals surface area contributed by atoms with Gasteiger partial charge in [0.25, 0.3) is 0 Å². The minimum absolute atomic E-state index is 0.0435. The highest BCUT2D eigenvalue weighted by Crippen LogP contribution is 2.09. The molecule has 1 aromatic heterocycles. The maximum atomic E-state index is 5.83. The minimum atomic E-state index is 0.0435. The van der Waals surface area contributed by atoms with E-state index in [2.05, 4.69) is 15.8 Å². The number of rotatable bonds is 2. The van der Waals surface area contributed by atoms with Crippen LogP contribution in [0.1, 0.15) is 5.69 Å². The number of pyridine rings is 1. The van der Waals surface area contributed by atoms with Crippen molar-refractivity contribution in [2.45, 2.75) is 12.6 Å². The van der Waals surface area contributed by atoms with Gasteiger partial charge >= 0.3 is 0 Å². The number of nitrogens with two attached hydrogens (primary N) is 1. The van der Waals surface area contributed by atoms with Crippen LogP contribution in [-0.4, -0.2) is 17.7 Å². The fourth-order valence-electron chi connectivity index (χ4n) is 1.54. The van der Waals surface area contributed by atoms with Crippen LogP contribution < -0.4 is 16.6 Å². The molecular weight excluding hydrogens is 164 g/mol. The van der Waals surface area contributed by atoms with Gasteiger partial charge in [0.1, 0.15) is 0 Å². The lowest BCUT2D eigenvalue weighted by Crippen LogP contribution is -2.39. The van der Waals surface area contributed by atoms with Gasteiger partial charge in [0, 0.05) is 24.4 Å². The van der Waals surface area contributed by atoms with Crippen LogP contribution in [-0.2, 0) is 6.42 Å². The van der Waals surface area contributed by atoms with Gasteiger partial charge in [0.15, 0.2) is 0 Å². The second-order valence-electron chi connectivity index (χ2n) is 3.34. The third kappa shape index (κ3) is 2.03. The molecule has 0 radical (unpaired) electrons. The molecule has 2 heterocycles. The average Bonchev–Trinajstić information content (AvgIpc) is 2.54. The zero-order chi connectivity index (χ0) is 9.10. The highest BCUT2D eigenvalue weighted by Gasteiger charge is 2.23. The molecule has 13 heavy (non-hydrogen) atoms. The predicted molar refractivity (Wildman–Crippen MR) is 50.5 cm³/mol. The van der Waals surface area contributed by atoms with Gasteiger partial charge in [-0.15, -0.1) is 0 Å². The van der Waals surface area contributed by atoms with Crippen LogP contribution in [0.15, 0.2) is 24.4 Å². The molecule has 1 aliphatic rings. The van der Waals surface area contributed by atoms with E-state index in [4.69, 9.17) is 5.73 Å².